The number of carbonyl (C=O) groups excluding carboxylic acids is 1. The van der Waals surface area contributed by atoms with Crippen LogP contribution in [0.5, 0.6) is 23.0 Å². The van der Waals surface area contributed by atoms with Crippen LogP contribution in [0.1, 0.15) is 5.56 Å². The van der Waals surface area contributed by atoms with Gasteiger partial charge in [0.1, 0.15) is 18.1 Å². The van der Waals surface area contributed by atoms with E-state index < -0.39 is 0 Å². The van der Waals surface area contributed by atoms with Gasteiger partial charge in [-0.25, -0.2) is 4.79 Å². The van der Waals surface area contributed by atoms with E-state index in [1.807, 2.05) is 30.3 Å². The second-order valence-electron chi connectivity index (χ2n) is 5.64. The Bertz CT molecular complexity index is 733. The predicted molar refractivity (Wildman–Crippen MR) is 96.2 cm³/mol. The fraction of sp³-hybridized carbons (Fsp3) is 0.316. The van der Waals surface area contributed by atoms with Crippen molar-refractivity contribution in [1.82, 2.24) is 10.6 Å². The number of ether oxygens (including phenoxy) is 4. The third-order valence-corrected chi connectivity index (χ3v) is 3.86. The molecule has 1 aliphatic rings. The Kier molecular flexibility index (Phi) is 6.03. The monoisotopic (exact) mass is 358 g/mol. The van der Waals surface area contributed by atoms with Crippen LogP contribution >= 0.6 is 0 Å². The van der Waals surface area contributed by atoms with Crippen molar-refractivity contribution in [3.63, 3.8) is 0 Å². The maximum atomic E-state index is 11.8. The molecule has 1 aliphatic heterocycles. The minimum Gasteiger partial charge on any atom is -0.497 e. The first-order chi connectivity index (χ1) is 12.7. The molecule has 2 amide bonds. The number of carbonyl (C=O) groups is 1. The molecule has 0 saturated carbocycles. The van der Waals surface area contributed by atoms with Crippen LogP contribution in [0.25, 0.3) is 0 Å². The van der Waals surface area contributed by atoms with Crippen LogP contribution in [0, 0.1) is 0 Å². The molecule has 0 fully saturated rings. The molecule has 7 heteroatoms. The second kappa shape index (κ2) is 8.84. The van der Waals surface area contributed by atoms with Crippen molar-refractivity contribution in [3.05, 3.63) is 48.0 Å². The van der Waals surface area contributed by atoms with Crippen LogP contribution in [0.3, 0.4) is 0 Å². The zero-order valence-corrected chi connectivity index (χ0v) is 14.6. The van der Waals surface area contributed by atoms with Gasteiger partial charge < -0.3 is 29.6 Å². The third-order valence-electron chi connectivity index (χ3n) is 3.86. The highest BCUT2D eigenvalue weighted by Crippen LogP contribution is 2.34. The standard InChI is InChI=1S/C19H22N2O5/c1-23-15-4-2-14(3-5-15)8-9-20-19(22)21-10-11-24-16-6-7-17-18(12-16)26-13-25-17/h2-7,12H,8-11,13H2,1H3,(H2,20,21,22). The maximum absolute atomic E-state index is 11.8. The molecule has 1 heterocycles. The van der Waals surface area contributed by atoms with Crippen molar-refractivity contribution < 1.29 is 23.7 Å². The van der Waals surface area contributed by atoms with Crippen molar-refractivity contribution in [2.24, 2.45) is 0 Å². The molecule has 0 radical (unpaired) electrons. The van der Waals surface area contributed by atoms with E-state index in [0.717, 1.165) is 17.7 Å². The molecule has 3 rings (SSSR count). The van der Waals surface area contributed by atoms with E-state index in [4.69, 9.17) is 18.9 Å². The number of rotatable bonds is 8. The molecule has 7 nitrogen and oxygen atoms in total. The van der Waals surface area contributed by atoms with Crippen molar-refractivity contribution >= 4 is 6.03 Å². The Hall–Kier alpha value is -3.09. The van der Waals surface area contributed by atoms with E-state index in [1.165, 1.54) is 0 Å². The van der Waals surface area contributed by atoms with E-state index in [9.17, 15) is 4.79 Å². The first-order valence-corrected chi connectivity index (χ1v) is 8.41. The van der Waals surface area contributed by atoms with E-state index >= 15 is 0 Å². The highest BCUT2D eigenvalue weighted by Gasteiger charge is 2.13. The van der Waals surface area contributed by atoms with Gasteiger partial charge in [-0.1, -0.05) is 12.1 Å². The summed E-state index contributed by atoms with van der Waals surface area (Å²) in [4.78, 5) is 11.8. The quantitative estimate of drug-likeness (QED) is 0.708. The average Bonchev–Trinajstić information content (AvgIpc) is 3.13. The summed E-state index contributed by atoms with van der Waals surface area (Å²) in [5.41, 5.74) is 1.14. The Balaban J connectivity index is 1.29. The lowest BCUT2D eigenvalue weighted by Gasteiger charge is -2.10. The van der Waals surface area contributed by atoms with Crippen LogP contribution in [0.15, 0.2) is 42.5 Å². The molecule has 2 aromatic rings. The average molecular weight is 358 g/mol. The van der Waals surface area contributed by atoms with Crippen molar-refractivity contribution in [2.75, 3.05) is 33.6 Å². The summed E-state index contributed by atoms with van der Waals surface area (Å²) in [5, 5.41) is 5.58. The number of fused-ring (bicyclic) bond motifs is 1. The van der Waals surface area contributed by atoms with Crippen molar-refractivity contribution in [3.8, 4) is 23.0 Å². The summed E-state index contributed by atoms with van der Waals surface area (Å²) in [6, 6.07) is 12.9. The number of hydrogen-bond donors (Lipinski definition) is 2. The van der Waals surface area contributed by atoms with E-state index in [2.05, 4.69) is 10.6 Å². The van der Waals surface area contributed by atoms with E-state index in [0.29, 0.717) is 36.9 Å². The number of urea groups is 1. The zero-order valence-electron chi connectivity index (χ0n) is 14.6. The largest absolute Gasteiger partial charge is 0.497 e. The lowest BCUT2D eigenvalue weighted by atomic mass is 10.1. The molecule has 2 aromatic carbocycles. The summed E-state index contributed by atoms with van der Waals surface area (Å²) in [6.45, 7) is 1.56. The minimum absolute atomic E-state index is 0.215. The van der Waals surface area contributed by atoms with Gasteiger partial charge in [-0.05, 0) is 36.2 Å². The SMILES string of the molecule is COc1ccc(CCNC(=O)NCCOc2ccc3c(c2)OCO3)cc1. The fourth-order valence-corrected chi connectivity index (χ4v) is 2.48. The second-order valence-corrected chi connectivity index (χ2v) is 5.64. The summed E-state index contributed by atoms with van der Waals surface area (Å²) >= 11 is 0. The van der Waals surface area contributed by atoms with Crippen LogP contribution in [-0.4, -0.2) is 39.6 Å². The molecule has 0 aromatic heterocycles. The molecule has 0 spiro atoms. The van der Waals surface area contributed by atoms with Crippen LogP contribution in [-0.2, 0) is 6.42 Å². The number of methoxy groups -OCH3 is 1. The Morgan fingerprint density at radius 2 is 1.73 bits per heavy atom. The normalized spacial score (nSPS) is 11.7. The highest BCUT2D eigenvalue weighted by atomic mass is 16.7. The third kappa shape index (κ3) is 4.95. The predicted octanol–water partition coefficient (Wildman–Crippen LogP) is 2.34. The van der Waals surface area contributed by atoms with Gasteiger partial charge in [0.2, 0.25) is 6.79 Å². The Labute approximate surface area is 152 Å². The van der Waals surface area contributed by atoms with E-state index in [-0.39, 0.29) is 12.8 Å². The summed E-state index contributed by atoms with van der Waals surface area (Å²) in [7, 11) is 1.64. The molecule has 0 saturated heterocycles. The Morgan fingerprint density at radius 1 is 1.00 bits per heavy atom. The molecule has 2 N–H and O–H groups in total. The first kappa shape index (κ1) is 17.7. The molecule has 138 valence electrons. The first-order valence-electron chi connectivity index (χ1n) is 8.41. The maximum Gasteiger partial charge on any atom is 0.314 e. The van der Waals surface area contributed by atoms with Gasteiger partial charge in [0.05, 0.1) is 13.7 Å². The van der Waals surface area contributed by atoms with Gasteiger partial charge in [-0.2, -0.15) is 0 Å². The number of nitrogens with one attached hydrogen (secondary N) is 2. The number of hydrogen-bond acceptors (Lipinski definition) is 5. The lowest BCUT2D eigenvalue weighted by molar-refractivity contribution is 0.173. The van der Waals surface area contributed by atoms with Gasteiger partial charge in [0, 0.05) is 12.6 Å². The van der Waals surface area contributed by atoms with Crippen LogP contribution < -0.4 is 29.6 Å². The van der Waals surface area contributed by atoms with Crippen molar-refractivity contribution in [2.45, 2.75) is 6.42 Å². The lowest BCUT2D eigenvalue weighted by Crippen LogP contribution is -2.38. The number of amides is 2. The molecule has 26 heavy (non-hydrogen) atoms. The minimum atomic E-state index is -0.215. The van der Waals surface area contributed by atoms with Gasteiger partial charge in [0.15, 0.2) is 11.5 Å². The topological polar surface area (TPSA) is 78.1 Å². The van der Waals surface area contributed by atoms with Crippen LogP contribution in [0.2, 0.25) is 0 Å². The van der Waals surface area contributed by atoms with Gasteiger partial charge in [0.25, 0.3) is 0 Å². The zero-order chi connectivity index (χ0) is 18.2. The highest BCUT2D eigenvalue weighted by molar-refractivity contribution is 5.73. The summed E-state index contributed by atoms with van der Waals surface area (Å²) in [6.07, 6.45) is 0.755. The van der Waals surface area contributed by atoms with Crippen LogP contribution in [0.4, 0.5) is 4.79 Å². The molecular formula is C19H22N2O5. The van der Waals surface area contributed by atoms with Gasteiger partial charge >= 0.3 is 6.03 Å². The molecule has 0 aliphatic carbocycles. The molecular weight excluding hydrogens is 336 g/mol. The van der Waals surface area contributed by atoms with E-state index in [1.54, 1.807) is 19.2 Å². The summed E-state index contributed by atoms with van der Waals surface area (Å²) in [5.74, 6) is 2.89. The molecule has 0 bridgehead atoms. The molecule has 0 unspecified atom stereocenters. The van der Waals surface area contributed by atoms with Crippen molar-refractivity contribution in [1.29, 1.82) is 0 Å². The van der Waals surface area contributed by atoms with Gasteiger partial charge in [-0.15, -0.1) is 0 Å². The fourth-order valence-electron chi connectivity index (χ4n) is 2.48. The van der Waals surface area contributed by atoms with Gasteiger partial charge in [-0.3, -0.25) is 0 Å². The number of benzene rings is 2. The Morgan fingerprint density at radius 3 is 2.54 bits per heavy atom. The molecule has 0 atom stereocenters. The smallest absolute Gasteiger partial charge is 0.314 e. The summed E-state index contributed by atoms with van der Waals surface area (Å²) < 4.78 is 21.2.